The van der Waals surface area contributed by atoms with Gasteiger partial charge in [-0.1, -0.05) is 41.9 Å². The van der Waals surface area contributed by atoms with Crippen molar-refractivity contribution in [2.45, 2.75) is 16.4 Å². The van der Waals surface area contributed by atoms with E-state index < -0.39 is 39.5 Å². The van der Waals surface area contributed by atoms with Gasteiger partial charge in [0.15, 0.2) is 5.00 Å². The Kier molecular flexibility index (Phi) is 5.11. The molecule has 122 valence electrons. The first-order chi connectivity index (χ1) is 11.3. The minimum Gasteiger partial charge on any atom is -0.217 e. The molecule has 1 aromatic rings. The smallest absolute Gasteiger partial charge is 0.217 e. The van der Waals surface area contributed by atoms with E-state index in [0.29, 0.717) is 5.56 Å². The second-order valence-corrected chi connectivity index (χ2v) is 6.48. The lowest BCUT2D eigenvalue weighted by Crippen LogP contribution is -2.60. The number of allylic oxidation sites excluding steroid dienone is 1. The van der Waals surface area contributed by atoms with E-state index in [1.165, 1.54) is 12.1 Å². The van der Waals surface area contributed by atoms with Crippen LogP contribution in [0.3, 0.4) is 0 Å². The zero-order valence-corrected chi connectivity index (χ0v) is 13.5. The standard InChI is InChI=1S/C15H8ClF3N4S/c16-14(12(8-22)11(6-20)7-21)13(10-4-2-1-3-5-10)9-23(14)24-15(17,18)19/h1-5,13H,9H2. The lowest BCUT2D eigenvalue weighted by molar-refractivity contribution is -0.0401. The summed E-state index contributed by atoms with van der Waals surface area (Å²) in [6.45, 7) is -0.0764. The van der Waals surface area contributed by atoms with Gasteiger partial charge in [0.25, 0.3) is 0 Å². The third kappa shape index (κ3) is 3.20. The van der Waals surface area contributed by atoms with E-state index >= 15 is 0 Å². The van der Waals surface area contributed by atoms with Crippen molar-refractivity contribution in [3.8, 4) is 18.2 Å². The zero-order chi connectivity index (χ0) is 18.0. The number of halogens is 4. The van der Waals surface area contributed by atoms with Gasteiger partial charge in [-0.25, -0.2) is 4.31 Å². The van der Waals surface area contributed by atoms with Crippen LogP contribution in [0.5, 0.6) is 0 Å². The summed E-state index contributed by atoms with van der Waals surface area (Å²) in [7, 11) is 0. The summed E-state index contributed by atoms with van der Waals surface area (Å²) in [4.78, 5) is -1.92. The highest BCUT2D eigenvalue weighted by Gasteiger charge is 2.60. The number of rotatable bonds is 3. The molecule has 0 aliphatic carbocycles. The summed E-state index contributed by atoms with van der Waals surface area (Å²) in [5, 5.41) is 27.3. The molecule has 0 spiro atoms. The van der Waals surface area contributed by atoms with E-state index in [9.17, 15) is 18.4 Å². The first-order valence-corrected chi connectivity index (χ1v) is 7.65. The van der Waals surface area contributed by atoms with Gasteiger partial charge < -0.3 is 0 Å². The topological polar surface area (TPSA) is 74.6 Å². The van der Waals surface area contributed by atoms with Crippen molar-refractivity contribution in [2.75, 3.05) is 6.54 Å². The monoisotopic (exact) mass is 368 g/mol. The lowest BCUT2D eigenvalue weighted by atomic mass is 9.79. The van der Waals surface area contributed by atoms with Crippen molar-refractivity contribution in [3.05, 3.63) is 47.0 Å². The van der Waals surface area contributed by atoms with Crippen molar-refractivity contribution in [1.82, 2.24) is 4.31 Å². The van der Waals surface area contributed by atoms with E-state index in [0.717, 1.165) is 4.31 Å². The Labute approximate surface area is 145 Å². The predicted molar refractivity (Wildman–Crippen MR) is 82.0 cm³/mol. The van der Waals surface area contributed by atoms with Crippen LogP contribution >= 0.6 is 23.5 Å². The van der Waals surface area contributed by atoms with Gasteiger partial charge in [-0.2, -0.15) is 29.0 Å². The van der Waals surface area contributed by atoms with Crippen LogP contribution in [0, 0.1) is 34.0 Å². The highest BCUT2D eigenvalue weighted by molar-refractivity contribution is 7.98. The average Bonchev–Trinajstić information content (AvgIpc) is 2.55. The Hall–Kier alpha value is -2.18. The molecule has 1 saturated heterocycles. The molecule has 1 aliphatic heterocycles. The number of hydrogen-bond donors (Lipinski definition) is 0. The molecule has 0 radical (unpaired) electrons. The van der Waals surface area contributed by atoms with E-state index in [4.69, 9.17) is 22.1 Å². The Morgan fingerprint density at radius 1 is 1.17 bits per heavy atom. The maximum Gasteiger partial charge on any atom is 0.456 e. The Balaban J connectivity index is 2.55. The van der Waals surface area contributed by atoms with Crippen molar-refractivity contribution >= 4 is 23.5 Å². The van der Waals surface area contributed by atoms with Crippen LogP contribution < -0.4 is 0 Å². The van der Waals surface area contributed by atoms with Crippen LogP contribution in [-0.2, 0) is 0 Å². The number of hydrogen-bond acceptors (Lipinski definition) is 5. The van der Waals surface area contributed by atoms with E-state index in [2.05, 4.69) is 0 Å². The minimum absolute atomic E-state index is 0.0764. The van der Waals surface area contributed by atoms with Crippen LogP contribution in [0.25, 0.3) is 0 Å². The first-order valence-electron chi connectivity index (χ1n) is 6.50. The van der Waals surface area contributed by atoms with Gasteiger partial charge in [-0.3, -0.25) is 0 Å². The molecule has 24 heavy (non-hydrogen) atoms. The second-order valence-electron chi connectivity index (χ2n) is 4.82. The number of alkyl halides is 4. The maximum absolute atomic E-state index is 12.8. The molecule has 1 fully saturated rings. The SMILES string of the molecule is N#CC(C#N)=C(C#N)C1(Cl)C(c2ccccc2)CN1SC(F)(F)F. The van der Waals surface area contributed by atoms with Crippen LogP contribution in [0.2, 0.25) is 0 Å². The van der Waals surface area contributed by atoms with Gasteiger partial charge in [-0.05, 0) is 5.56 Å². The van der Waals surface area contributed by atoms with E-state index in [-0.39, 0.29) is 6.54 Å². The molecule has 0 saturated carbocycles. The molecule has 1 aromatic carbocycles. The van der Waals surface area contributed by atoms with Crippen molar-refractivity contribution in [1.29, 1.82) is 15.8 Å². The summed E-state index contributed by atoms with van der Waals surface area (Å²) in [5.74, 6) is -0.665. The second kappa shape index (κ2) is 6.75. The van der Waals surface area contributed by atoms with Crippen molar-refractivity contribution in [3.63, 3.8) is 0 Å². The van der Waals surface area contributed by atoms with Gasteiger partial charge in [0, 0.05) is 24.4 Å². The fraction of sp³-hybridized carbons (Fsp3) is 0.267. The Bertz CT molecular complexity index is 772. The largest absolute Gasteiger partial charge is 0.456 e. The summed E-state index contributed by atoms with van der Waals surface area (Å²) < 4.78 is 39.1. The quantitative estimate of drug-likeness (QED) is 0.348. The van der Waals surface area contributed by atoms with Gasteiger partial charge in [0.05, 0.1) is 5.57 Å². The van der Waals surface area contributed by atoms with Gasteiger partial charge >= 0.3 is 5.51 Å². The zero-order valence-electron chi connectivity index (χ0n) is 11.9. The maximum atomic E-state index is 12.8. The predicted octanol–water partition coefficient (Wildman–Crippen LogP) is 4.06. The molecular weight excluding hydrogens is 361 g/mol. The Morgan fingerprint density at radius 3 is 2.21 bits per heavy atom. The summed E-state index contributed by atoms with van der Waals surface area (Å²) >= 11 is 5.95. The normalized spacial score (nSPS) is 23.3. The molecule has 2 rings (SSSR count). The number of nitriles is 3. The molecule has 0 bridgehead atoms. The molecule has 0 N–H and O–H groups in total. The van der Waals surface area contributed by atoms with Crippen LogP contribution in [-0.4, -0.2) is 21.4 Å². The molecule has 4 nitrogen and oxygen atoms in total. The van der Waals surface area contributed by atoms with Crippen LogP contribution in [0.15, 0.2) is 41.5 Å². The molecule has 9 heteroatoms. The Morgan fingerprint density at radius 2 is 1.75 bits per heavy atom. The molecule has 0 aromatic heterocycles. The molecule has 2 atom stereocenters. The third-order valence-corrected chi connectivity index (χ3v) is 5.15. The van der Waals surface area contributed by atoms with Crippen molar-refractivity contribution < 1.29 is 13.2 Å². The molecule has 1 heterocycles. The molecular formula is C15H8ClF3N4S. The van der Waals surface area contributed by atoms with Gasteiger partial charge in [0.1, 0.15) is 23.8 Å². The first kappa shape index (κ1) is 18.2. The summed E-state index contributed by atoms with van der Waals surface area (Å²) in [6, 6.07) is 13.2. The van der Waals surface area contributed by atoms with Crippen LogP contribution in [0.4, 0.5) is 13.2 Å². The van der Waals surface area contributed by atoms with Gasteiger partial charge in [-0.15, -0.1) is 0 Å². The minimum atomic E-state index is -4.61. The highest BCUT2D eigenvalue weighted by Crippen LogP contribution is 2.57. The molecule has 2 unspecified atom stereocenters. The molecule has 1 aliphatic rings. The lowest BCUT2D eigenvalue weighted by Gasteiger charge is -2.53. The summed E-state index contributed by atoms with van der Waals surface area (Å²) in [6.07, 6.45) is 0. The third-order valence-electron chi connectivity index (χ3n) is 3.52. The molecule has 0 amide bonds. The number of benzene rings is 1. The fourth-order valence-electron chi connectivity index (χ4n) is 2.47. The fourth-order valence-corrected chi connectivity index (χ4v) is 3.80. The van der Waals surface area contributed by atoms with Crippen molar-refractivity contribution in [2.24, 2.45) is 0 Å². The van der Waals surface area contributed by atoms with E-state index in [1.807, 2.05) is 0 Å². The van der Waals surface area contributed by atoms with Crippen LogP contribution in [0.1, 0.15) is 11.5 Å². The number of nitrogens with zero attached hydrogens (tertiary/aromatic N) is 4. The summed E-state index contributed by atoms with van der Waals surface area (Å²) in [5.41, 5.74) is -5.07. The average molecular weight is 369 g/mol. The van der Waals surface area contributed by atoms with Gasteiger partial charge in [0.2, 0.25) is 0 Å². The van der Waals surface area contributed by atoms with E-state index in [1.54, 1.807) is 36.4 Å². The highest BCUT2D eigenvalue weighted by atomic mass is 35.5.